The molecule has 0 aliphatic rings. The molecule has 0 fully saturated rings. The number of nitrogens with zero attached hydrogens (tertiary/aromatic N) is 2. The van der Waals surface area contributed by atoms with Crippen molar-refractivity contribution in [2.75, 3.05) is 0 Å². The van der Waals surface area contributed by atoms with Crippen LogP contribution in [-0.2, 0) is 6.54 Å². The molecule has 1 amide bonds. The van der Waals surface area contributed by atoms with Crippen molar-refractivity contribution in [2.24, 2.45) is 0 Å². The molecule has 0 aliphatic heterocycles. The zero-order chi connectivity index (χ0) is 14.7. The van der Waals surface area contributed by atoms with Gasteiger partial charge in [0.05, 0.1) is 24.1 Å². The molecule has 0 radical (unpaired) electrons. The molecule has 0 spiro atoms. The largest absolute Gasteiger partial charge is 0.346 e. The van der Waals surface area contributed by atoms with Crippen LogP contribution in [0.2, 0.25) is 0 Å². The van der Waals surface area contributed by atoms with Gasteiger partial charge in [-0.25, -0.2) is 0 Å². The van der Waals surface area contributed by atoms with Crippen molar-refractivity contribution in [3.05, 3.63) is 57.0 Å². The number of nitrogens with one attached hydrogen (secondary N) is 2. The van der Waals surface area contributed by atoms with Crippen LogP contribution in [0.15, 0.2) is 23.3 Å². The lowest BCUT2D eigenvalue weighted by Crippen LogP contribution is -2.30. The molecule has 104 valence electrons. The Morgan fingerprint density at radius 1 is 1.25 bits per heavy atom. The fourth-order valence-electron chi connectivity index (χ4n) is 1.67. The van der Waals surface area contributed by atoms with Crippen LogP contribution in [0.1, 0.15) is 33.0 Å². The molecule has 6 nitrogen and oxygen atoms in total. The molecule has 2 rings (SSSR count). The monoisotopic (exact) mass is 272 g/mol. The molecular weight excluding hydrogens is 256 g/mol. The Hall–Kier alpha value is -2.50. The smallest absolute Gasteiger partial charge is 0.261 e. The summed E-state index contributed by atoms with van der Waals surface area (Å²) in [5, 5.41) is 2.66. The summed E-state index contributed by atoms with van der Waals surface area (Å²) in [6.45, 7) is 5.70. The fourth-order valence-corrected chi connectivity index (χ4v) is 1.67. The van der Waals surface area contributed by atoms with Crippen LogP contribution < -0.4 is 10.9 Å². The van der Waals surface area contributed by atoms with Gasteiger partial charge in [0.2, 0.25) is 0 Å². The summed E-state index contributed by atoms with van der Waals surface area (Å²) in [7, 11) is 0. The predicted molar refractivity (Wildman–Crippen MR) is 74.5 cm³/mol. The number of carbonyl (C=O) groups excluding carboxylic acids is 1. The van der Waals surface area contributed by atoms with Crippen molar-refractivity contribution >= 4 is 5.91 Å². The summed E-state index contributed by atoms with van der Waals surface area (Å²) in [6, 6.07) is 1.59. The molecule has 2 aromatic rings. The predicted octanol–water partition coefficient (Wildman–Crippen LogP) is 1.02. The van der Waals surface area contributed by atoms with Gasteiger partial charge in [-0.05, 0) is 32.4 Å². The van der Waals surface area contributed by atoms with Crippen molar-refractivity contribution in [1.82, 2.24) is 20.3 Å². The molecule has 20 heavy (non-hydrogen) atoms. The lowest BCUT2D eigenvalue weighted by molar-refractivity contribution is 0.0948. The van der Waals surface area contributed by atoms with E-state index in [2.05, 4.69) is 20.3 Å². The van der Waals surface area contributed by atoms with Gasteiger partial charge in [0, 0.05) is 11.9 Å². The molecule has 2 heterocycles. The second-order valence-corrected chi connectivity index (χ2v) is 4.65. The van der Waals surface area contributed by atoms with Gasteiger partial charge < -0.3 is 10.3 Å². The van der Waals surface area contributed by atoms with E-state index in [1.54, 1.807) is 25.4 Å². The minimum atomic E-state index is -0.420. The third-order valence-corrected chi connectivity index (χ3v) is 3.01. The molecule has 0 saturated carbocycles. The standard InChI is InChI=1S/C14H16N4O2/c1-8-4-12(14(20)18-10(8)3)13(19)17-7-11-6-15-9(2)5-16-11/h4-6H,7H2,1-3H3,(H,17,19)(H,18,20). The first-order chi connectivity index (χ1) is 9.47. The fraction of sp³-hybridized carbons (Fsp3) is 0.286. The summed E-state index contributed by atoms with van der Waals surface area (Å²) in [4.78, 5) is 34.6. The number of H-pyrrole nitrogens is 1. The third kappa shape index (κ3) is 3.09. The highest BCUT2D eigenvalue weighted by molar-refractivity contribution is 5.93. The number of aryl methyl sites for hydroxylation is 3. The first-order valence-electron chi connectivity index (χ1n) is 6.23. The van der Waals surface area contributed by atoms with Crippen LogP contribution in [0.5, 0.6) is 0 Å². The van der Waals surface area contributed by atoms with E-state index in [1.165, 1.54) is 0 Å². The van der Waals surface area contributed by atoms with Crippen molar-refractivity contribution < 1.29 is 4.79 Å². The van der Waals surface area contributed by atoms with Gasteiger partial charge in [-0.15, -0.1) is 0 Å². The SMILES string of the molecule is Cc1cnc(CNC(=O)c2cc(C)c(C)[nH]c2=O)cn1. The van der Waals surface area contributed by atoms with Crippen LogP contribution in [0.3, 0.4) is 0 Å². The zero-order valence-electron chi connectivity index (χ0n) is 11.7. The van der Waals surface area contributed by atoms with Gasteiger partial charge in [-0.2, -0.15) is 0 Å². The lowest BCUT2D eigenvalue weighted by Gasteiger charge is -2.06. The summed E-state index contributed by atoms with van der Waals surface area (Å²) >= 11 is 0. The first-order valence-corrected chi connectivity index (χ1v) is 6.23. The highest BCUT2D eigenvalue weighted by atomic mass is 16.2. The number of hydrogen-bond donors (Lipinski definition) is 2. The summed E-state index contributed by atoms with van der Waals surface area (Å²) in [6.07, 6.45) is 3.23. The van der Waals surface area contributed by atoms with Crippen LogP contribution >= 0.6 is 0 Å². The maximum absolute atomic E-state index is 12.0. The second kappa shape index (κ2) is 5.64. The molecule has 2 aromatic heterocycles. The number of hydrogen-bond acceptors (Lipinski definition) is 4. The number of aromatic nitrogens is 3. The third-order valence-electron chi connectivity index (χ3n) is 3.01. The molecule has 0 atom stereocenters. The van der Waals surface area contributed by atoms with E-state index >= 15 is 0 Å². The summed E-state index contributed by atoms with van der Waals surface area (Å²) < 4.78 is 0. The first kappa shape index (κ1) is 13.9. The Morgan fingerprint density at radius 2 is 2.00 bits per heavy atom. The van der Waals surface area contributed by atoms with E-state index in [4.69, 9.17) is 0 Å². The normalized spacial score (nSPS) is 10.3. The molecule has 6 heteroatoms. The highest BCUT2D eigenvalue weighted by Gasteiger charge is 2.11. The van der Waals surface area contributed by atoms with Crippen LogP contribution in [-0.4, -0.2) is 20.9 Å². The Kier molecular flexibility index (Phi) is 3.93. The van der Waals surface area contributed by atoms with E-state index in [0.29, 0.717) is 5.69 Å². The quantitative estimate of drug-likeness (QED) is 0.873. The maximum atomic E-state index is 12.0. The van der Waals surface area contributed by atoms with E-state index < -0.39 is 5.91 Å². The maximum Gasteiger partial charge on any atom is 0.261 e. The van der Waals surface area contributed by atoms with Crippen LogP contribution in [0.4, 0.5) is 0 Å². The second-order valence-electron chi connectivity index (χ2n) is 4.65. The van der Waals surface area contributed by atoms with Gasteiger partial charge in [0.15, 0.2) is 0 Å². The minimum Gasteiger partial charge on any atom is -0.346 e. The lowest BCUT2D eigenvalue weighted by atomic mass is 10.1. The Bertz CT molecular complexity index is 689. The van der Waals surface area contributed by atoms with Gasteiger partial charge in [0.1, 0.15) is 5.56 Å². The Labute approximate surface area is 116 Å². The molecule has 0 aromatic carbocycles. The molecule has 0 bridgehead atoms. The topological polar surface area (TPSA) is 87.7 Å². The van der Waals surface area contributed by atoms with Crippen molar-refractivity contribution in [3.8, 4) is 0 Å². The number of pyridine rings is 1. The molecular formula is C14H16N4O2. The van der Waals surface area contributed by atoms with Crippen molar-refractivity contribution in [3.63, 3.8) is 0 Å². The minimum absolute atomic E-state index is 0.105. The molecule has 2 N–H and O–H groups in total. The van der Waals surface area contributed by atoms with Gasteiger partial charge in [-0.1, -0.05) is 0 Å². The van der Waals surface area contributed by atoms with E-state index in [-0.39, 0.29) is 17.7 Å². The molecule has 0 saturated heterocycles. The Balaban J connectivity index is 2.11. The van der Waals surface area contributed by atoms with E-state index in [0.717, 1.165) is 17.0 Å². The van der Waals surface area contributed by atoms with Crippen LogP contribution in [0, 0.1) is 20.8 Å². The number of aromatic amines is 1. The highest BCUT2D eigenvalue weighted by Crippen LogP contribution is 2.03. The summed E-state index contributed by atoms with van der Waals surface area (Å²) in [5.74, 6) is -0.420. The zero-order valence-corrected chi connectivity index (χ0v) is 11.7. The van der Waals surface area contributed by atoms with E-state index in [9.17, 15) is 9.59 Å². The summed E-state index contributed by atoms with van der Waals surface area (Å²) in [5.41, 5.74) is 2.80. The van der Waals surface area contributed by atoms with Gasteiger partial charge >= 0.3 is 0 Å². The molecule has 0 unspecified atom stereocenters. The van der Waals surface area contributed by atoms with Crippen molar-refractivity contribution in [1.29, 1.82) is 0 Å². The van der Waals surface area contributed by atoms with Gasteiger partial charge in [0.25, 0.3) is 11.5 Å². The molecule has 0 aliphatic carbocycles. The Morgan fingerprint density at radius 3 is 2.65 bits per heavy atom. The number of rotatable bonds is 3. The average molecular weight is 272 g/mol. The van der Waals surface area contributed by atoms with Crippen molar-refractivity contribution in [2.45, 2.75) is 27.3 Å². The van der Waals surface area contributed by atoms with Crippen LogP contribution in [0.25, 0.3) is 0 Å². The number of carbonyl (C=O) groups is 1. The van der Waals surface area contributed by atoms with E-state index in [1.807, 2.05) is 13.8 Å². The number of amides is 1. The average Bonchev–Trinajstić information content (AvgIpc) is 2.42. The van der Waals surface area contributed by atoms with Gasteiger partial charge in [-0.3, -0.25) is 19.6 Å².